The van der Waals surface area contributed by atoms with Gasteiger partial charge >= 0.3 is 0 Å². The van der Waals surface area contributed by atoms with Crippen LogP contribution in [0.5, 0.6) is 0 Å². The fraction of sp³-hybridized carbons (Fsp3) is 0.462. The number of hydrogen-bond donors (Lipinski definition) is 0. The summed E-state index contributed by atoms with van der Waals surface area (Å²) in [5.41, 5.74) is 0.433. The molecular weight excluding hydrogens is 250 g/mol. The monoisotopic (exact) mass is 267 g/mol. The third-order valence-corrected chi connectivity index (χ3v) is 5.14. The van der Waals surface area contributed by atoms with Gasteiger partial charge in [-0.3, -0.25) is 4.79 Å². The van der Waals surface area contributed by atoms with Gasteiger partial charge in [-0.2, -0.15) is 4.31 Å². The van der Waals surface area contributed by atoms with Gasteiger partial charge in [0.1, 0.15) is 0 Å². The molecule has 0 saturated heterocycles. The fourth-order valence-corrected chi connectivity index (χ4v) is 3.74. The summed E-state index contributed by atoms with van der Waals surface area (Å²) in [6, 6.07) is 6.40. The number of benzene rings is 1. The molecular formula is C13H17NO3S. The van der Waals surface area contributed by atoms with E-state index < -0.39 is 10.0 Å². The van der Waals surface area contributed by atoms with Crippen molar-refractivity contribution in [3.63, 3.8) is 0 Å². The Balaban J connectivity index is 2.40. The van der Waals surface area contributed by atoms with E-state index in [1.807, 2.05) is 6.92 Å². The lowest BCUT2D eigenvalue weighted by Crippen LogP contribution is -2.32. The molecule has 0 atom stereocenters. The average molecular weight is 267 g/mol. The Hall–Kier alpha value is -1.20. The van der Waals surface area contributed by atoms with Crippen LogP contribution in [-0.4, -0.2) is 31.1 Å². The first-order valence-electron chi connectivity index (χ1n) is 6.09. The maximum atomic E-state index is 12.4. The van der Waals surface area contributed by atoms with Crippen LogP contribution in [0.4, 0.5) is 0 Å². The molecule has 0 unspecified atom stereocenters. The predicted octanol–water partition coefficient (Wildman–Crippen LogP) is 2.06. The van der Waals surface area contributed by atoms with Crippen molar-refractivity contribution >= 4 is 15.8 Å². The highest BCUT2D eigenvalue weighted by atomic mass is 32.2. The van der Waals surface area contributed by atoms with Crippen molar-refractivity contribution in [2.75, 3.05) is 6.54 Å². The molecule has 5 heteroatoms. The molecule has 1 aliphatic carbocycles. The Labute approximate surface area is 108 Å². The molecule has 1 fully saturated rings. The van der Waals surface area contributed by atoms with Crippen LogP contribution in [0.25, 0.3) is 0 Å². The topological polar surface area (TPSA) is 54.5 Å². The molecule has 98 valence electrons. The van der Waals surface area contributed by atoms with Gasteiger partial charge in [-0.25, -0.2) is 8.42 Å². The fourth-order valence-electron chi connectivity index (χ4n) is 2.00. The van der Waals surface area contributed by atoms with E-state index in [0.717, 1.165) is 12.8 Å². The molecule has 0 aromatic heterocycles. The minimum atomic E-state index is -3.46. The Bertz CT molecular complexity index is 561. The molecule has 1 aliphatic rings. The lowest BCUT2D eigenvalue weighted by Gasteiger charge is -2.20. The highest BCUT2D eigenvalue weighted by molar-refractivity contribution is 7.89. The van der Waals surface area contributed by atoms with E-state index in [1.165, 1.54) is 17.3 Å². The number of nitrogens with zero attached hydrogens (tertiary/aromatic N) is 1. The standard InChI is InChI=1S/C13H17NO3S/c1-3-14(12-7-8-12)18(16,17)13-6-4-5-11(9-13)10(2)15/h4-6,9,12H,3,7-8H2,1-2H3. The van der Waals surface area contributed by atoms with Crippen molar-refractivity contribution in [1.29, 1.82) is 0 Å². The first-order valence-corrected chi connectivity index (χ1v) is 7.53. The molecule has 0 aliphatic heterocycles. The molecule has 1 aromatic rings. The minimum absolute atomic E-state index is 0.124. The quantitative estimate of drug-likeness (QED) is 0.767. The zero-order valence-corrected chi connectivity index (χ0v) is 11.4. The van der Waals surface area contributed by atoms with E-state index in [-0.39, 0.29) is 16.7 Å². The highest BCUT2D eigenvalue weighted by Gasteiger charge is 2.36. The van der Waals surface area contributed by atoms with E-state index in [4.69, 9.17) is 0 Å². The third kappa shape index (κ3) is 2.47. The van der Waals surface area contributed by atoms with Gasteiger partial charge in [0.2, 0.25) is 10.0 Å². The molecule has 1 saturated carbocycles. The van der Waals surface area contributed by atoms with Crippen molar-refractivity contribution in [2.24, 2.45) is 0 Å². The highest BCUT2D eigenvalue weighted by Crippen LogP contribution is 2.31. The van der Waals surface area contributed by atoms with E-state index in [1.54, 1.807) is 18.2 Å². The van der Waals surface area contributed by atoms with Crippen LogP contribution in [0.2, 0.25) is 0 Å². The van der Waals surface area contributed by atoms with Crippen molar-refractivity contribution in [2.45, 2.75) is 37.6 Å². The zero-order chi connectivity index (χ0) is 13.3. The number of carbonyl (C=O) groups is 1. The summed E-state index contributed by atoms with van der Waals surface area (Å²) in [6.45, 7) is 3.74. The molecule has 2 rings (SSSR count). The van der Waals surface area contributed by atoms with Gasteiger partial charge in [-0.05, 0) is 31.9 Å². The van der Waals surface area contributed by atoms with Crippen molar-refractivity contribution in [1.82, 2.24) is 4.31 Å². The summed E-state index contributed by atoms with van der Waals surface area (Å²) in [7, 11) is -3.46. The molecule has 0 radical (unpaired) electrons. The molecule has 4 nitrogen and oxygen atoms in total. The Morgan fingerprint density at radius 3 is 2.56 bits per heavy atom. The first-order chi connectivity index (χ1) is 8.46. The third-order valence-electron chi connectivity index (χ3n) is 3.11. The summed E-state index contributed by atoms with van der Waals surface area (Å²) in [5, 5.41) is 0. The van der Waals surface area contributed by atoms with Gasteiger partial charge < -0.3 is 0 Å². The summed E-state index contributed by atoms with van der Waals surface area (Å²) in [6.07, 6.45) is 1.86. The van der Waals surface area contributed by atoms with Crippen molar-refractivity contribution in [3.05, 3.63) is 29.8 Å². The Morgan fingerprint density at radius 2 is 2.06 bits per heavy atom. The van der Waals surface area contributed by atoms with E-state index in [0.29, 0.717) is 12.1 Å². The predicted molar refractivity (Wildman–Crippen MR) is 69.0 cm³/mol. The number of rotatable bonds is 5. The number of hydrogen-bond acceptors (Lipinski definition) is 3. The number of ketones is 1. The van der Waals surface area contributed by atoms with Gasteiger partial charge in [0.25, 0.3) is 0 Å². The van der Waals surface area contributed by atoms with Crippen LogP contribution in [0, 0.1) is 0 Å². The van der Waals surface area contributed by atoms with Gasteiger partial charge in [-0.1, -0.05) is 19.1 Å². The molecule has 0 heterocycles. The van der Waals surface area contributed by atoms with Gasteiger partial charge in [0.15, 0.2) is 5.78 Å². The van der Waals surface area contributed by atoms with E-state index >= 15 is 0 Å². The van der Waals surface area contributed by atoms with Crippen LogP contribution in [0.3, 0.4) is 0 Å². The van der Waals surface area contributed by atoms with Gasteiger partial charge in [0.05, 0.1) is 4.90 Å². The summed E-state index contributed by atoms with van der Waals surface area (Å²) in [5.74, 6) is -0.124. The molecule has 0 amide bonds. The second kappa shape index (κ2) is 4.82. The number of Topliss-reactive ketones (excluding diaryl/α,β-unsaturated/α-hetero) is 1. The van der Waals surface area contributed by atoms with Crippen LogP contribution >= 0.6 is 0 Å². The van der Waals surface area contributed by atoms with Crippen LogP contribution in [0.1, 0.15) is 37.0 Å². The maximum absolute atomic E-state index is 12.4. The van der Waals surface area contributed by atoms with Gasteiger partial charge in [-0.15, -0.1) is 0 Å². The smallest absolute Gasteiger partial charge is 0.243 e. The molecule has 0 bridgehead atoms. The summed E-state index contributed by atoms with van der Waals surface area (Å²) >= 11 is 0. The van der Waals surface area contributed by atoms with Crippen LogP contribution in [-0.2, 0) is 10.0 Å². The normalized spacial score (nSPS) is 15.9. The van der Waals surface area contributed by atoms with Gasteiger partial charge in [0, 0.05) is 18.2 Å². The minimum Gasteiger partial charge on any atom is -0.295 e. The van der Waals surface area contributed by atoms with Crippen molar-refractivity contribution in [3.8, 4) is 0 Å². The second-order valence-electron chi connectivity index (χ2n) is 4.52. The average Bonchev–Trinajstić information content (AvgIpc) is 3.14. The van der Waals surface area contributed by atoms with Crippen LogP contribution < -0.4 is 0 Å². The Kier molecular flexibility index (Phi) is 3.54. The maximum Gasteiger partial charge on any atom is 0.243 e. The van der Waals surface area contributed by atoms with E-state index in [2.05, 4.69) is 0 Å². The Morgan fingerprint density at radius 1 is 1.39 bits per heavy atom. The zero-order valence-electron chi connectivity index (χ0n) is 10.6. The lowest BCUT2D eigenvalue weighted by molar-refractivity contribution is 0.101. The lowest BCUT2D eigenvalue weighted by atomic mass is 10.2. The first kappa shape index (κ1) is 13.2. The molecule has 1 aromatic carbocycles. The molecule has 18 heavy (non-hydrogen) atoms. The molecule has 0 N–H and O–H groups in total. The summed E-state index contributed by atoms with van der Waals surface area (Å²) < 4.78 is 26.4. The SMILES string of the molecule is CCN(C1CC1)S(=O)(=O)c1cccc(C(C)=O)c1. The second-order valence-corrected chi connectivity index (χ2v) is 6.41. The largest absolute Gasteiger partial charge is 0.295 e. The van der Waals surface area contributed by atoms with Crippen LogP contribution in [0.15, 0.2) is 29.2 Å². The molecule has 0 spiro atoms. The van der Waals surface area contributed by atoms with E-state index in [9.17, 15) is 13.2 Å². The van der Waals surface area contributed by atoms with Crippen molar-refractivity contribution < 1.29 is 13.2 Å². The number of sulfonamides is 1. The summed E-state index contributed by atoms with van der Waals surface area (Å²) in [4.78, 5) is 11.5. The number of carbonyl (C=O) groups excluding carboxylic acids is 1.